The van der Waals surface area contributed by atoms with Gasteiger partial charge < -0.3 is 10.8 Å². The second kappa shape index (κ2) is 5.81. The molecule has 0 saturated heterocycles. The summed E-state index contributed by atoms with van der Waals surface area (Å²) in [6, 6.07) is 2.26. The number of benzene rings is 1. The van der Waals surface area contributed by atoms with E-state index in [9.17, 15) is 13.6 Å². The highest BCUT2D eigenvalue weighted by Crippen LogP contribution is 2.15. The molecule has 0 fully saturated rings. The molecule has 3 N–H and O–H groups in total. The van der Waals surface area contributed by atoms with Crippen molar-refractivity contribution in [3.05, 3.63) is 35.4 Å². The number of hydrogen-bond donors (Lipinski definition) is 2. The third-order valence-corrected chi connectivity index (χ3v) is 2.94. The lowest BCUT2D eigenvalue weighted by Gasteiger charge is -2.06. The Balaban J connectivity index is 2.46. The minimum Gasteiger partial charge on any atom is -0.480 e. The number of nitrogens with two attached hydrogens (primary N) is 1. The third kappa shape index (κ3) is 4.16. The first-order valence-corrected chi connectivity index (χ1v) is 5.65. The van der Waals surface area contributed by atoms with Gasteiger partial charge in [0.15, 0.2) is 0 Å². The van der Waals surface area contributed by atoms with Crippen LogP contribution in [0.2, 0.25) is 0 Å². The van der Waals surface area contributed by atoms with Gasteiger partial charge in [0.2, 0.25) is 0 Å². The van der Waals surface area contributed by atoms with Gasteiger partial charge in [-0.2, -0.15) is 11.8 Å². The van der Waals surface area contributed by atoms with Gasteiger partial charge >= 0.3 is 5.97 Å². The van der Waals surface area contributed by atoms with Gasteiger partial charge in [0.05, 0.1) is 0 Å². The molecule has 16 heavy (non-hydrogen) atoms. The van der Waals surface area contributed by atoms with E-state index in [0.717, 1.165) is 6.07 Å². The van der Waals surface area contributed by atoms with Crippen LogP contribution in [0, 0.1) is 11.6 Å². The molecule has 0 amide bonds. The molecule has 0 aliphatic carbocycles. The molecule has 0 radical (unpaired) electrons. The van der Waals surface area contributed by atoms with E-state index in [1.54, 1.807) is 0 Å². The molecule has 1 aromatic carbocycles. The fraction of sp³-hybridized carbons (Fsp3) is 0.300. The van der Waals surface area contributed by atoms with E-state index in [4.69, 9.17) is 10.8 Å². The highest BCUT2D eigenvalue weighted by Gasteiger charge is 2.11. The van der Waals surface area contributed by atoms with Crippen LogP contribution in [0.25, 0.3) is 0 Å². The van der Waals surface area contributed by atoms with Gasteiger partial charge in [0.1, 0.15) is 17.7 Å². The van der Waals surface area contributed by atoms with Crippen LogP contribution in [0.3, 0.4) is 0 Å². The lowest BCUT2D eigenvalue weighted by atomic mass is 10.2. The average molecular weight is 247 g/mol. The Labute approximate surface area is 95.6 Å². The number of aliphatic carboxylic acids is 1. The zero-order chi connectivity index (χ0) is 12.1. The summed E-state index contributed by atoms with van der Waals surface area (Å²) < 4.78 is 25.5. The maximum Gasteiger partial charge on any atom is 0.321 e. The molecule has 0 saturated carbocycles. The van der Waals surface area contributed by atoms with Gasteiger partial charge in [-0.15, -0.1) is 0 Å². The van der Waals surface area contributed by atoms with Crippen LogP contribution in [-0.2, 0) is 10.5 Å². The highest BCUT2D eigenvalue weighted by molar-refractivity contribution is 7.98. The summed E-state index contributed by atoms with van der Waals surface area (Å²) in [5.74, 6) is -1.84. The molecule has 1 atom stereocenters. The van der Waals surface area contributed by atoms with Crippen LogP contribution in [0.5, 0.6) is 0 Å². The SMILES string of the molecule is N[C@@H](CSCc1cc(F)cc(F)c1)C(=O)O. The average Bonchev–Trinajstić information content (AvgIpc) is 2.15. The summed E-state index contributed by atoms with van der Waals surface area (Å²) in [6.07, 6.45) is 0. The van der Waals surface area contributed by atoms with Crippen molar-refractivity contribution < 1.29 is 18.7 Å². The van der Waals surface area contributed by atoms with Crippen LogP contribution in [0.4, 0.5) is 8.78 Å². The van der Waals surface area contributed by atoms with Gasteiger partial charge in [-0.1, -0.05) is 0 Å². The lowest BCUT2D eigenvalue weighted by molar-refractivity contribution is -0.137. The minimum atomic E-state index is -1.09. The number of hydrogen-bond acceptors (Lipinski definition) is 3. The topological polar surface area (TPSA) is 63.3 Å². The van der Waals surface area contributed by atoms with Crippen LogP contribution in [0.15, 0.2) is 18.2 Å². The van der Waals surface area contributed by atoms with E-state index in [0.29, 0.717) is 11.3 Å². The van der Waals surface area contributed by atoms with Crippen molar-refractivity contribution in [3.8, 4) is 0 Å². The molecule has 3 nitrogen and oxygen atoms in total. The van der Waals surface area contributed by atoms with Crippen molar-refractivity contribution in [2.24, 2.45) is 5.73 Å². The quantitative estimate of drug-likeness (QED) is 0.829. The van der Waals surface area contributed by atoms with Crippen LogP contribution in [0.1, 0.15) is 5.56 Å². The molecule has 6 heteroatoms. The Morgan fingerprint density at radius 2 is 1.94 bits per heavy atom. The first-order chi connectivity index (χ1) is 7.49. The Morgan fingerprint density at radius 1 is 1.38 bits per heavy atom. The van der Waals surface area contributed by atoms with E-state index in [1.165, 1.54) is 23.9 Å². The Bertz CT molecular complexity index is 367. The fourth-order valence-electron chi connectivity index (χ4n) is 1.07. The van der Waals surface area contributed by atoms with Gasteiger partial charge in [-0.25, -0.2) is 8.78 Å². The van der Waals surface area contributed by atoms with E-state index in [1.807, 2.05) is 0 Å². The maximum absolute atomic E-state index is 12.8. The second-order valence-corrected chi connectivity index (χ2v) is 4.27. The molecule has 0 aromatic heterocycles. The summed E-state index contributed by atoms with van der Waals surface area (Å²) in [5.41, 5.74) is 5.74. The first kappa shape index (κ1) is 12.9. The fourth-order valence-corrected chi connectivity index (χ4v) is 1.99. The minimum absolute atomic E-state index is 0.202. The Kier molecular flexibility index (Phi) is 4.70. The van der Waals surface area contributed by atoms with Crippen molar-refractivity contribution in [2.75, 3.05) is 5.75 Å². The molecular formula is C10H11F2NO2S. The van der Waals surface area contributed by atoms with E-state index >= 15 is 0 Å². The van der Waals surface area contributed by atoms with Crippen molar-refractivity contribution in [2.45, 2.75) is 11.8 Å². The third-order valence-electron chi connectivity index (χ3n) is 1.81. The summed E-state index contributed by atoms with van der Waals surface area (Å²) in [7, 11) is 0. The monoisotopic (exact) mass is 247 g/mol. The van der Waals surface area contributed by atoms with Crippen LogP contribution < -0.4 is 5.73 Å². The predicted molar refractivity (Wildman–Crippen MR) is 58.1 cm³/mol. The molecule has 1 aromatic rings. The van der Waals surface area contributed by atoms with Crippen LogP contribution >= 0.6 is 11.8 Å². The Morgan fingerprint density at radius 3 is 2.44 bits per heavy atom. The molecule has 0 heterocycles. The normalized spacial score (nSPS) is 12.4. The van der Waals surface area contributed by atoms with Gasteiger partial charge in [0, 0.05) is 17.6 Å². The molecule has 0 unspecified atom stereocenters. The number of thioether (sulfide) groups is 1. The molecule has 0 spiro atoms. The predicted octanol–water partition coefficient (Wildman–Crippen LogP) is 1.61. The van der Waals surface area contributed by atoms with E-state index < -0.39 is 23.6 Å². The lowest BCUT2D eigenvalue weighted by Crippen LogP contribution is -2.32. The number of carbonyl (C=O) groups is 1. The summed E-state index contributed by atoms with van der Waals surface area (Å²) in [4.78, 5) is 10.4. The molecule has 88 valence electrons. The maximum atomic E-state index is 12.8. The first-order valence-electron chi connectivity index (χ1n) is 4.50. The molecule has 0 aliphatic heterocycles. The van der Waals surface area contributed by atoms with Crippen molar-refractivity contribution >= 4 is 17.7 Å². The smallest absolute Gasteiger partial charge is 0.321 e. The van der Waals surface area contributed by atoms with Gasteiger partial charge in [-0.3, -0.25) is 4.79 Å². The van der Waals surface area contributed by atoms with E-state index in [2.05, 4.69) is 0 Å². The Hall–Kier alpha value is -1.14. The number of rotatable bonds is 5. The van der Waals surface area contributed by atoms with Crippen molar-refractivity contribution in [1.29, 1.82) is 0 Å². The number of halogens is 2. The molecule has 0 bridgehead atoms. The molecular weight excluding hydrogens is 236 g/mol. The van der Waals surface area contributed by atoms with Crippen LogP contribution in [-0.4, -0.2) is 22.9 Å². The highest BCUT2D eigenvalue weighted by atomic mass is 32.2. The summed E-state index contributed by atoms with van der Waals surface area (Å²) >= 11 is 1.22. The summed E-state index contributed by atoms with van der Waals surface area (Å²) in [6.45, 7) is 0. The zero-order valence-electron chi connectivity index (χ0n) is 8.32. The molecule has 0 aliphatic rings. The number of carboxylic acid groups (broad SMARTS) is 1. The van der Waals surface area contributed by atoms with Crippen molar-refractivity contribution in [1.82, 2.24) is 0 Å². The van der Waals surface area contributed by atoms with Gasteiger partial charge in [0.25, 0.3) is 0 Å². The van der Waals surface area contributed by atoms with Gasteiger partial charge in [-0.05, 0) is 17.7 Å². The largest absolute Gasteiger partial charge is 0.480 e. The standard InChI is InChI=1S/C10H11F2NO2S/c11-7-1-6(2-8(12)3-7)4-16-5-9(13)10(14)15/h1-3,9H,4-5,13H2,(H,14,15)/t9-/m0/s1. The second-order valence-electron chi connectivity index (χ2n) is 3.24. The summed E-state index contributed by atoms with van der Waals surface area (Å²) in [5, 5.41) is 8.51. The van der Waals surface area contributed by atoms with Crippen molar-refractivity contribution in [3.63, 3.8) is 0 Å². The van der Waals surface area contributed by atoms with E-state index in [-0.39, 0.29) is 5.75 Å². The molecule has 1 rings (SSSR count). The zero-order valence-corrected chi connectivity index (χ0v) is 9.14. The number of carboxylic acids is 1.